The van der Waals surface area contributed by atoms with Crippen molar-refractivity contribution in [3.63, 3.8) is 0 Å². The first-order chi connectivity index (χ1) is 18.4. The van der Waals surface area contributed by atoms with E-state index in [1.165, 1.54) is 64.8 Å². The summed E-state index contributed by atoms with van der Waals surface area (Å²) in [5.41, 5.74) is 5.46. The zero-order valence-corrected chi connectivity index (χ0v) is 29.7. The molecule has 41 heavy (non-hydrogen) atoms. The van der Waals surface area contributed by atoms with Crippen LogP contribution < -0.4 is 24.8 Å². The van der Waals surface area contributed by atoms with Gasteiger partial charge in [-0.15, -0.1) is 45.8 Å². The molecule has 4 heteroatoms. The van der Waals surface area contributed by atoms with Gasteiger partial charge in [0.2, 0.25) is 0 Å². The summed E-state index contributed by atoms with van der Waals surface area (Å²) in [7, 11) is 0. The summed E-state index contributed by atoms with van der Waals surface area (Å²) >= 11 is 1.69. The first-order valence-electron chi connectivity index (χ1n) is 14.5. The van der Waals surface area contributed by atoms with Crippen LogP contribution in [0, 0.1) is 12.0 Å². The molecule has 0 radical (unpaired) electrons. The van der Waals surface area contributed by atoms with Gasteiger partial charge in [-0.25, -0.2) is 0 Å². The van der Waals surface area contributed by atoms with Crippen molar-refractivity contribution in [3.05, 3.63) is 96.0 Å². The van der Waals surface area contributed by atoms with Crippen molar-refractivity contribution in [2.45, 2.75) is 91.4 Å². The predicted molar refractivity (Wildman–Crippen MR) is 166 cm³/mol. The molecule has 2 aliphatic rings. The summed E-state index contributed by atoms with van der Waals surface area (Å²) in [6.07, 6.45) is 18.2. The number of fused-ring (bicyclic) bond motifs is 3. The molecule has 0 spiro atoms. The van der Waals surface area contributed by atoms with Crippen LogP contribution in [-0.2, 0) is 35.1 Å². The molecule has 218 valence electrons. The fraction of sp³-hybridized carbons (Fsp3) is 0.405. The van der Waals surface area contributed by atoms with E-state index < -0.39 is 0 Å². The molecule has 3 aromatic carbocycles. The van der Waals surface area contributed by atoms with E-state index in [0.29, 0.717) is 5.92 Å². The first-order valence-corrected chi connectivity index (χ1v) is 15.7. The van der Waals surface area contributed by atoms with Crippen molar-refractivity contribution in [2.75, 3.05) is 0 Å². The predicted octanol–water partition coefficient (Wildman–Crippen LogP) is 4.66. The Morgan fingerprint density at radius 3 is 1.71 bits per heavy atom. The third-order valence-corrected chi connectivity index (χ3v) is 8.89. The number of furan rings is 1. The molecule has 1 heterocycles. The fourth-order valence-electron chi connectivity index (χ4n) is 5.09. The van der Waals surface area contributed by atoms with Gasteiger partial charge in [0.1, 0.15) is 0 Å². The van der Waals surface area contributed by atoms with E-state index in [-0.39, 0.29) is 35.6 Å². The molecule has 1 unspecified atom stereocenters. The molecule has 6 rings (SSSR count). The molecule has 1 aromatic heterocycles. The molecule has 0 amide bonds. The van der Waals surface area contributed by atoms with Crippen LogP contribution in [0.5, 0.6) is 0 Å². The molecule has 0 saturated heterocycles. The quantitative estimate of drug-likeness (QED) is 0.270. The summed E-state index contributed by atoms with van der Waals surface area (Å²) in [6, 6.07) is 18.1. The van der Waals surface area contributed by atoms with Crippen LogP contribution in [-0.4, -0.2) is 3.21 Å². The minimum absolute atomic E-state index is 0. The molecule has 1 fully saturated rings. The van der Waals surface area contributed by atoms with Crippen LogP contribution in [0.2, 0.25) is 0 Å². The van der Waals surface area contributed by atoms with Crippen LogP contribution in [0.4, 0.5) is 0 Å². The Kier molecular flexibility index (Phi) is 13.2. The zero-order chi connectivity index (χ0) is 28.2. The number of halogens is 2. The Morgan fingerprint density at radius 2 is 1.34 bits per heavy atom. The molecule has 0 N–H and O–H groups in total. The van der Waals surface area contributed by atoms with Gasteiger partial charge in [-0.05, 0) is 10.8 Å². The molecular weight excluding hydrogens is 623 g/mol. The monoisotopic (exact) mass is 664 g/mol. The molecule has 0 aliphatic heterocycles. The summed E-state index contributed by atoms with van der Waals surface area (Å²) in [5.74, 6) is 0.444. The average molecular weight is 667 g/mol. The third-order valence-electron chi connectivity index (χ3n) is 7.66. The second-order valence-electron chi connectivity index (χ2n) is 13.1. The van der Waals surface area contributed by atoms with Crippen molar-refractivity contribution in [1.29, 1.82) is 0 Å². The van der Waals surface area contributed by atoms with E-state index in [1.807, 2.05) is 6.07 Å². The van der Waals surface area contributed by atoms with Gasteiger partial charge >= 0.3 is 59.5 Å². The van der Waals surface area contributed by atoms with E-state index in [9.17, 15) is 0 Å². The third kappa shape index (κ3) is 9.71. The van der Waals surface area contributed by atoms with Crippen LogP contribution in [0.25, 0.3) is 27.1 Å². The van der Waals surface area contributed by atoms with Crippen molar-refractivity contribution >= 4 is 30.3 Å². The number of hydrogen-bond acceptors (Lipinski definition) is 1. The Bertz CT molecular complexity index is 1400. The maximum atomic E-state index is 4.97. The molecule has 1 nitrogen and oxygen atoms in total. The second kappa shape index (κ2) is 15.2. The van der Waals surface area contributed by atoms with E-state index in [0.717, 1.165) is 11.1 Å². The van der Waals surface area contributed by atoms with Gasteiger partial charge in [-0.2, -0.15) is 17.7 Å². The van der Waals surface area contributed by atoms with Crippen LogP contribution >= 0.6 is 0 Å². The van der Waals surface area contributed by atoms with Crippen molar-refractivity contribution in [1.82, 2.24) is 0 Å². The molecule has 1 saturated carbocycles. The van der Waals surface area contributed by atoms with E-state index in [4.69, 9.17) is 4.42 Å². The summed E-state index contributed by atoms with van der Waals surface area (Å²) in [6.45, 7) is 15.8. The fourth-order valence-corrected chi connectivity index (χ4v) is 5.96. The van der Waals surface area contributed by atoms with Crippen molar-refractivity contribution in [3.8, 4) is 0 Å². The SMILES string of the molecule is CC(C)(C)c1ccc2[cH-]c3ccc(C(C)(C)C)cc3c2c1.CC1[C-]=C(c2ccoc2)C=C1.[Cl-].[Cl-].[Zr+2]=[C]1CCCCC1. The van der Waals surface area contributed by atoms with Crippen LogP contribution in [0.1, 0.15) is 97.3 Å². The first kappa shape index (κ1) is 35.6. The number of allylic oxidation sites excluding steroid dienone is 4. The topological polar surface area (TPSA) is 13.1 Å². The summed E-state index contributed by atoms with van der Waals surface area (Å²) in [4.78, 5) is 0. The molecular formula is C37H44Cl2OZr-2. The molecule has 4 aromatic rings. The summed E-state index contributed by atoms with van der Waals surface area (Å²) < 4.78 is 6.77. The van der Waals surface area contributed by atoms with E-state index >= 15 is 0 Å². The van der Waals surface area contributed by atoms with Gasteiger partial charge in [0.05, 0.1) is 6.26 Å². The summed E-state index contributed by atoms with van der Waals surface area (Å²) in [5, 5.41) is 5.49. The molecule has 0 bridgehead atoms. The normalized spacial score (nSPS) is 16.7. The van der Waals surface area contributed by atoms with E-state index in [2.05, 4.69) is 109 Å². The van der Waals surface area contributed by atoms with Crippen LogP contribution in [0.15, 0.2) is 77.6 Å². The minimum atomic E-state index is 0. The number of hydrogen-bond donors (Lipinski definition) is 0. The molecule has 2 aliphatic carbocycles. The Labute approximate surface area is 275 Å². The standard InChI is InChI=1S/C21H25.C10H9O.C6H10.2ClH.Zr/c1-20(2,3)16-9-7-14-11-15-8-10-17(21(4,5)6)13-19(15)18(14)12-16;1-8-2-3-9(6-8)10-4-5-11-7-10;1-2-4-6-5-3-1;;;/h7-13H,1-6H3;2-5,7-8H,1H3;1-5H2;2*1H;/q2*-1;;;;+2/p-2. The van der Waals surface area contributed by atoms with Crippen molar-refractivity contribution < 1.29 is 53.5 Å². The van der Waals surface area contributed by atoms with Gasteiger partial charge < -0.3 is 29.2 Å². The number of benzene rings is 2. The van der Waals surface area contributed by atoms with Gasteiger partial charge in [-0.1, -0.05) is 101 Å². The van der Waals surface area contributed by atoms with Crippen LogP contribution in [0.3, 0.4) is 0 Å². The van der Waals surface area contributed by atoms with E-state index in [1.54, 1.807) is 40.0 Å². The van der Waals surface area contributed by atoms with Gasteiger partial charge in [0.25, 0.3) is 0 Å². The van der Waals surface area contributed by atoms with Gasteiger partial charge in [-0.3, -0.25) is 0 Å². The van der Waals surface area contributed by atoms with Gasteiger partial charge in [0, 0.05) is 6.26 Å². The second-order valence-corrected chi connectivity index (χ2v) is 14.9. The average Bonchev–Trinajstić information content (AvgIpc) is 3.63. The Balaban J connectivity index is 0.000000246. The maximum absolute atomic E-state index is 4.97. The van der Waals surface area contributed by atoms with Crippen molar-refractivity contribution in [2.24, 2.45) is 5.92 Å². The molecule has 1 atom stereocenters. The Hall–Kier alpha value is -1.60. The van der Waals surface area contributed by atoms with Gasteiger partial charge in [0.15, 0.2) is 0 Å². The Morgan fingerprint density at radius 1 is 0.805 bits per heavy atom. The number of rotatable bonds is 1. The zero-order valence-electron chi connectivity index (χ0n) is 25.7.